The lowest BCUT2D eigenvalue weighted by Gasteiger charge is -2.41. The second kappa shape index (κ2) is 35.7. The van der Waals surface area contributed by atoms with Gasteiger partial charge in [-0.1, -0.05) is 132 Å². The zero-order valence-corrected chi connectivity index (χ0v) is 39.6. The van der Waals surface area contributed by atoms with Crippen molar-refractivity contribution in [3.8, 4) is 0 Å². The van der Waals surface area contributed by atoms with E-state index in [0.29, 0.717) is 31.5 Å². The van der Waals surface area contributed by atoms with Crippen molar-refractivity contribution >= 4 is 19.8 Å². The van der Waals surface area contributed by atoms with Crippen molar-refractivity contribution < 1.29 is 67.8 Å². The number of esters is 2. The van der Waals surface area contributed by atoms with Crippen LogP contribution in [-0.2, 0) is 37.4 Å². The first-order valence-corrected chi connectivity index (χ1v) is 25.7. The number of aliphatic hydroxyl groups excluding tert-OH is 5. The third-order valence-corrected chi connectivity index (χ3v) is 12.2. The van der Waals surface area contributed by atoms with E-state index in [4.69, 9.17) is 23.3 Å². The van der Waals surface area contributed by atoms with Crippen LogP contribution in [0.5, 0.6) is 0 Å². The number of hydrogen-bond donors (Lipinski definition) is 6. The lowest BCUT2D eigenvalue weighted by Crippen LogP contribution is -2.64. The van der Waals surface area contributed by atoms with Gasteiger partial charge in [-0.2, -0.15) is 0 Å². The Morgan fingerprint density at radius 1 is 0.547 bits per heavy atom. The molecule has 10 atom stereocenters. The predicted molar refractivity (Wildman–Crippen MR) is 248 cm³/mol. The molecule has 1 aliphatic carbocycles. The number of allylic oxidation sites excluding steroid dienone is 8. The Bertz CT molecular complexity index is 1420. The maximum atomic E-state index is 12.8. The first-order chi connectivity index (χ1) is 30.9. The SMILES string of the molecule is CCCCC/C=C\C/C=C\CCCCCCCCCC(=O)O[C@H](COC(=O)CCC/C=C\C/C=C\CC1OC1C/C=C\CCCCC)COP(=O)(O)OC1[C@H](O)[C@H](O)C(O)[C@H](O)[C@H]1O. The van der Waals surface area contributed by atoms with Crippen LogP contribution in [0.15, 0.2) is 60.8 Å². The molecule has 64 heavy (non-hydrogen) atoms. The van der Waals surface area contributed by atoms with Gasteiger partial charge in [0.05, 0.1) is 18.8 Å². The highest BCUT2D eigenvalue weighted by atomic mass is 31.2. The van der Waals surface area contributed by atoms with E-state index < -0.39 is 75.7 Å². The number of epoxide rings is 1. The quantitative estimate of drug-likeness (QED) is 0.0112. The van der Waals surface area contributed by atoms with Crippen molar-refractivity contribution in [2.45, 2.75) is 223 Å². The molecule has 1 aliphatic heterocycles. The average Bonchev–Trinajstić information content (AvgIpc) is 4.03. The number of unbranched alkanes of at least 4 members (excludes halogenated alkanes) is 14. The van der Waals surface area contributed by atoms with Crippen molar-refractivity contribution in [1.82, 2.24) is 0 Å². The van der Waals surface area contributed by atoms with E-state index in [1.54, 1.807) is 0 Å². The van der Waals surface area contributed by atoms with Gasteiger partial charge in [0.2, 0.25) is 0 Å². The molecule has 5 unspecified atom stereocenters. The number of ether oxygens (including phenoxy) is 3. The summed E-state index contributed by atoms with van der Waals surface area (Å²) in [5.41, 5.74) is 0. The van der Waals surface area contributed by atoms with Crippen LogP contribution in [0.4, 0.5) is 0 Å². The molecule has 0 bridgehead atoms. The summed E-state index contributed by atoms with van der Waals surface area (Å²) >= 11 is 0. The first kappa shape index (κ1) is 57.6. The average molecular weight is 927 g/mol. The number of aliphatic hydroxyl groups is 5. The fraction of sp³-hybridized carbons (Fsp3) is 0.755. The van der Waals surface area contributed by atoms with E-state index in [1.165, 1.54) is 38.5 Å². The number of carbonyl (C=O) groups is 2. The van der Waals surface area contributed by atoms with E-state index in [-0.39, 0.29) is 12.8 Å². The molecule has 1 heterocycles. The van der Waals surface area contributed by atoms with Crippen LogP contribution in [0, 0.1) is 0 Å². The number of hydrogen-bond acceptors (Lipinski definition) is 13. The second-order valence-electron chi connectivity index (χ2n) is 17.0. The third-order valence-electron chi connectivity index (χ3n) is 11.2. The van der Waals surface area contributed by atoms with Crippen LogP contribution >= 0.6 is 7.82 Å². The van der Waals surface area contributed by atoms with Gasteiger partial charge in [-0.25, -0.2) is 4.57 Å². The second-order valence-corrected chi connectivity index (χ2v) is 18.4. The molecule has 0 radical (unpaired) electrons. The lowest BCUT2D eigenvalue weighted by molar-refractivity contribution is -0.220. The van der Waals surface area contributed by atoms with E-state index in [1.807, 2.05) is 12.2 Å². The molecule has 15 heteroatoms. The van der Waals surface area contributed by atoms with Gasteiger partial charge in [0.25, 0.3) is 0 Å². The fourth-order valence-electron chi connectivity index (χ4n) is 7.17. The Morgan fingerprint density at radius 3 is 1.55 bits per heavy atom. The standard InChI is InChI=1S/C49H83O14P/c1-3-5-7-9-11-12-13-14-15-16-17-18-19-20-23-28-32-36-43(51)61-39(38-60-64(57,58)63-49-47(55)45(53)44(52)46(54)48(49)56)37-59-42(50)35-31-27-24-21-22-26-30-34-41-40(62-41)33-29-25-10-8-6-4-2/h11-12,14-15,21,24-26,29-30,39-41,44-49,52-56H,3-10,13,16-20,22-23,27-28,31-38H2,1-2H3,(H,57,58)/b12-11-,15-14-,24-21-,29-25-,30-26-/t39-,40?,41?,44?,45-,46+,47-,48-,49?/m1/s1. The molecule has 2 rings (SSSR count). The summed E-state index contributed by atoms with van der Waals surface area (Å²) in [7, 11) is -5.14. The van der Waals surface area contributed by atoms with E-state index >= 15 is 0 Å². The molecule has 1 saturated heterocycles. The van der Waals surface area contributed by atoms with Crippen molar-refractivity contribution in [3.05, 3.63) is 60.8 Å². The van der Waals surface area contributed by atoms with Gasteiger partial charge in [0.1, 0.15) is 43.2 Å². The third kappa shape index (κ3) is 27.2. The van der Waals surface area contributed by atoms with Gasteiger partial charge < -0.3 is 44.6 Å². The minimum Gasteiger partial charge on any atom is -0.462 e. The van der Waals surface area contributed by atoms with Crippen molar-refractivity contribution in [1.29, 1.82) is 0 Å². The highest BCUT2D eigenvalue weighted by Gasteiger charge is 2.51. The number of rotatable bonds is 38. The molecule has 0 aromatic rings. The molecule has 6 N–H and O–H groups in total. The van der Waals surface area contributed by atoms with Crippen LogP contribution in [0.3, 0.4) is 0 Å². The Hall–Kier alpha value is -2.49. The Morgan fingerprint density at radius 2 is 0.984 bits per heavy atom. The molecule has 0 spiro atoms. The molecule has 2 aliphatic rings. The first-order valence-electron chi connectivity index (χ1n) is 24.2. The van der Waals surface area contributed by atoms with Gasteiger partial charge in [0.15, 0.2) is 6.10 Å². The normalized spacial score (nSPS) is 25.2. The van der Waals surface area contributed by atoms with Crippen LogP contribution in [0.25, 0.3) is 0 Å². The summed E-state index contributed by atoms with van der Waals surface area (Å²) in [5.74, 6) is -1.18. The number of carbonyl (C=O) groups excluding carboxylic acids is 2. The maximum Gasteiger partial charge on any atom is 0.472 e. The summed E-state index contributed by atoms with van der Waals surface area (Å²) in [5, 5.41) is 50.2. The van der Waals surface area contributed by atoms with Crippen molar-refractivity contribution in [2.75, 3.05) is 13.2 Å². The topological polar surface area (TPSA) is 222 Å². The smallest absolute Gasteiger partial charge is 0.462 e. The molecular formula is C49H83O14P. The molecule has 0 aromatic carbocycles. The molecule has 14 nitrogen and oxygen atoms in total. The molecule has 1 saturated carbocycles. The van der Waals surface area contributed by atoms with Crippen molar-refractivity contribution in [3.63, 3.8) is 0 Å². The molecular weight excluding hydrogens is 843 g/mol. The summed E-state index contributed by atoms with van der Waals surface area (Å²) in [6.07, 6.45) is 31.5. The number of phosphoric acid groups is 1. The van der Waals surface area contributed by atoms with Crippen LogP contribution in [0.2, 0.25) is 0 Å². The number of phosphoric ester groups is 1. The minimum absolute atomic E-state index is 0.0708. The van der Waals surface area contributed by atoms with Gasteiger partial charge in [-0.3, -0.25) is 18.6 Å². The highest BCUT2D eigenvalue weighted by Crippen LogP contribution is 2.47. The van der Waals surface area contributed by atoms with E-state index in [9.17, 15) is 44.6 Å². The zero-order valence-electron chi connectivity index (χ0n) is 38.8. The summed E-state index contributed by atoms with van der Waals surface area (Å²) in [4.78, 5) is 35.8. The van der Waals surface area contributed by atoms with Gasteiger partial charge in [-0.05, 0) is 83.5 Å². The molecule has 0 amide bonds. The lowest BCUT2D eigenvalue weighted by atomic mass is 9.85. The Kier molecular flexibility index (Phi) is 32.1. The van der Waals surface area contributed by atoms with Crippen LogP contribution in [-0.4, -0.2) is 111 Å². The Labute approximate surface area is 383 Å². The minimum atomic E-state index is -5.14. The van der Waals surface area contributed by atoms with Crippen LogP contribution in [0.1, 0.15) is 168 Å². The Balaban J connectivity index is 1.72. The molecule has 368 valence electrons. The van der Waals surface area contributed by atoms with Gasteiger partial charge in [-0.15, -0.1) is 0 Å². The van der Waals surface area contributed by atoms with Gasteiger partial charge >= 0.3 is 19.8 Å². The van der Waals surface area contributed by atoms with Crippen LogP contribution < -0.4 is 0 Å². The highest BCUT2D eigenvalue weighted by molar-refractivity contribution is 7.47. The monoisotopic (exact) mass is 927 g/mol. The largest absolute Gasteiger partial charge is 0.472 e. The fourth-order valence-corrected chi connectivity index (χ4v) is 8.15. The summed E-state index contributed by atoms with van der Waals surface area (Å²) < 4.78 is 39.3. The van der Waals surface area contributed by atoms with E-state index in [2.05, 4.69) is 62.5 Å². The summed E-state index contributed by atoms with van der Waals surface area (Å²) in [6, 6.07) is 0. The molecule has 0 aromatic heterocycles. The molecule has 2 fully saturated rings. The van der Waals surface area contributed by atoms with Crippen molar-refractivity contribution in [2.24, 2.45) is 0 Å². The van der Waals surface area contributed by atoms with Gasteiger partial charge in [0, 0.05) is 12.8 Å². The maximum absolute atomic E-state index is 12.8. The predicted octanol–water partition coefficient (Wildman–Crippen LogP) is 8.71. The zero-order chi connectivity index (χ0) is 46.8. The summed E-state index contributed by atoms with van der Waals surface area (Å²) in [6.45, 7) is 3.18. The van der Waals surface area contributed by atoms with E-state index in [0.717, 1.165) is 83.5 Å².